The molecule has 0 aliphatic carbocycles. The summed E-state index contributed by atoms with van der Waals surface area (Å²) in [7, 11) is 0. The number of nitrogens with one attached hydrogen (secondary N) is 1. The second kappa shape index (κ2) is 5.25. The average molecular weight is 424 g/mol. The Morgan fingerprint density at radius 3 is 2.91 bits per heavy atom. The van der Waals surface area contributed by atoms with Crippen LogP contribution in [0.2, 0.25) is 0 Å². The van der Waals surface area contributed by atoms with Crippen molar-refractivity contribution >= 4 is 33.6 Å². The molecule has 0 spiro atoms. The lowest BCUT2D eigenvalue weighted by Crippen LogP contribution is -2.34. The van der Waals surface area contributed by atoms with Gasteiger partial charge in [-0.2, -0.15) is 4.98 Å². The van der Waals surface area contributed by atoms with Crippen LogP contribution in [0.4, 0.5) is 8.78 Å². The fraction of sp³-hybridized carbons (Fsp3) is 0.462. The Balaban J connectivity index is 1.61. The van der Waals surface area contributed by atoms with Gasteiger partial charge < -0.3 is 24.3 Å². The smallest absolute Gasteiger partial charge is 0.295 e. The molecule has 118 valence electrons. The van der Waals surface area contributed by atoms with Crippen LogP contribution in [0.5, 0.6) is 6.01 Å². The van der Waals surface area contributed by atoms with E-state index in [4.69, 9.17) is 14.2 Å². The second-order valence-electron chi connectivity index (χ2n) is 5.24. The van der Waals surface area contributed by atoms with E-state index in [0.717, 1.165) is 0 Å². The van der Waals surface area contributed by atoms with Crippen molar-refractivity contribution in [2.75, 3.05) is 13.2 Å². The van der Waals surface area contributed by atoms with Crippen LogP contribution in [0.3, 0.4) is 0 Å². The van der Waals surface area contributed by atoms with E-state index in [9.17, 15) is 13.9 Å². The summed E-state index contributed by atoms with van der Waals surface area (Å²) in [6.45, 7) is 0.422. The van der Waals surface area contributed by atoms with Crippen molar-refractivity contribution in [2.24, 2.45) is 0 Å². The van der Waals surface area contributed by atoms with E-state index in [1.165, 1.54) is 6.07 Å². The Labute approximate surface area is 136 Å². The molecule has 0 saturated carbocycles. The number of H-pyrrole nitrogens is 1. The summed E-state index contributed by atoms with van der Waals surface area (Å²) in [5, 5.41) is 9.67. The van der Waals surface area contributed by atoms with Crippen molar-refractivity contribution in [2.45, 2.75) is 24.4 Å². The van der Waals surface area contributed by atoms with Crippen LogP contribution in [-0.2, 0) is 9.47 Å². The third kappa shape index (κ3) is 2.18. The molecular formula is C13H11F2IN2O4. The van der Waals surface area contributed by atoms with E-state index in [2.05, 4.69) is 9.97 Å². The second-order valence-corrected chi connectivity index (χ2v) is 6.32. The predicted octanol–water partition coefficient (Wildman–Crippen LogP) is 1.35. The minimum Gasteiger partial charge on any atom is -0.456 e. The number of benzene rings is 1. The first kappa shape index (κ1) is 14.5. The number of hydrogen-bond acceptors (Lipinski definition) is 5. The maximum Gasteiger partial charge on any atom is 0.295 e. The summed E-state index contributed by atoms with van der Waals surface area (Å²) in [6, 6.07) is 1.23. The predicted molar refractivity (Wildman–Crippen MR) is 78.6 cm³/mol. The highest BCUT2D eigenvalue weighted by molar-refractivity contribution is 14.1. The molecule has 4 atom stereocenters. The summed E-state index contributed by atoms with van der Waals surface area (Å²) in [5.74, 6) is -1.39. The lowest BCUT2D eigenvalue weighted by atomic mass is 10.1. The highest BCUT2D eigenvalue weighted by Crippen LogP contribution is 2.31. The maximum absolute atomic E-state index is 14.0. The zero-order chi connectivity index (χ0) is 15.4. The molecule has 2 N–H and O–H groups in total. The molecule has 9 heteroatoms. The molecule has 1 aromatic carbocycles. The fourth-order valence-corrected chi connectivity index (χ4v) is 3.19. The SMILES string of the molecule is O[C@@H]1CO[C@@H]2[C@H]1OC[C@@H]2Oc1nc2c(F)c(I)c(F)cc2[nH]1. The van der Waals surface area contributed by atoms with Crippen LogP contribution < -0.4 is 4.74 Å². The summed E-state index contributed by atoms with van der Waals surface area (Å²) >= 11 is 1.59. The first-order valence-corrected chi connectivity index (χ1v) is 7.73. The highest BCUT2D eigenvalue weighted by Gasteiger charge is 2.48. The van der Waals surface area contributed by atoms with Gasteiger partial charge in [-0.25, -0.2) is 8.78 Å². The van der Waals surface area contributed by atoms with E-state index in [1.54, 1.807) is 22.6 Å². The van der Waals surface area contributed by atoms with Gasteiger partial charge in [-0.1, -0.05) is 0 Å². The molecule has 2 fully saturated rings. The number of aliphatic hydroxyl groups is 1. The van der Waals surface area contributed by atoms with Crippen LogP contribution in [0.1, 0.15) is 0 Å². The minimum absolute atomic E-state index is 0.0173. The van der Waals surface area contributed by atoms with Gasteiger partial charge >= 0.3 is 0 Å². The van der Waals surface area contributed by atoms with Crippen molar-refractivity contribution in [3.63, 3.8) is 0 Å². The van der Waals surface area contributed by atoms with Crippen molar-refractivity contribution in [1.29, 1.82) is 0 Å². The lowest BCUT2D eigenvalue weighted by molar-refractivity contribution is 0.00706. The molecular weight excluding hydrogens is 413 g/mol. The molecule has 0 bridgehead atoms. The van der Waals surface area contributed by atoms with Crippen LogP contribution in [-0.4, -0.2) is 52.7 Å². The molecule has 2 aliphatic heterocycles. The van der Waals surface area contributed by atoms with Gasteiger partial charge in [0.15, 0.2) is 11.9 Å². The summed E-state index contributed by atoms with van der Waals surface area (Å²) < 4.78 is 43.9. The van der Waals surface area contributed by atoms with Gasteiger partial charge in [0.1, 0.15) is 29.6 Å². The van der Waals surface area contributed by atoms with E-state index in [0.29, 0.717) is 0 Å². The van der Waals surface area contributed by atoms with E-state index >= 15 is 0 Å². The van der Waals surface area contributed by atoms with Gasteiger partial charge in [0, 0.05) is 6.07 Å². The highest BCUT2D eigenvalue weighted by atomic mass is 127. The summed E-state index contributed by atoms with van der Waals surface area (Å²) in [4.78, 5) is 6.75. The minimum atomic E-state index is -0.727. The first-order valence-electron chi connectivity index (χ1n) is 6.65. The lowest BCUT2D eigenvalue weighted by Gasteiger charge is -2.15. The summed E-state index contributed by atoms with van der Waals surface area (Å²) in [5.41, 5.74) is 0.233. The Kier molecular flexibility index (Phi) is 3.47. The topological polar surface area (TPSA) is 76.6 Å². The number of halogens is 3. The van der Waals surface area contributed by atoms with E-state index in [-0.39, 0.29) is 33.8 Å². The largest absolute Gasteiger partial charge is 0.456 e. The third-order valence-electron chi connectivity index (χ3n) is 3.84. The van der Waals surface area contributed by atoms with Gasteiger partial charge in [0.05, 0.1) is 22.3 Å². The fourth-order valence-electron chi connectivity index (χ4n) is 2.78. The van der Waals surface area contributed by atoms with Crippen molar-refractivity contribution in [3.05, 3.63) is 21.3 Å². The molecule has 2 aliphatic rings. The number of imidazole rings is 1. The van der Waals surface area contributed by atoms with Crippen LogP contribution in [0.25, 0.3) is 11.0 Å². The molecule has 2 saturated heterocycles. The number of nitrogens with zero attached hydrogens (tertiary/aromatic N) is 1. The first-order chi connectivity index (χ1) is 10.5. The molecule has 0 amide bonds. The molecule has 0 radical (unpaired) electrons. The zero-order valence-corrected chi connectivity index (χ0v) is 13.2. The number of ether oxygens (including phenoxy) is 3. The number of fused-ring (bicyclic) bond motifs is 2. The Hall–Kier alpha value is -1.04. The number of aromatic nitrogens is 2. The zero-order valence-electron chi connectivity index (χ0n) is 11.1. The number of aliphatic hydroxyl groups excluding tert-OH is 1. The molecule has 0 unspecified atom stereocenters. The number of hydrogen-bond donors (Lipinski definition) is 2. The van der Waals surface area contributed by atoms with Crippen molar-refractivity contribution < 1.29 is 28.1 Å². The molecule has 6 nitrogen and oxygen atoms in total. The molecule has 22 heavy (non-hydrogen) atoms. The van der Waals surface area contributed by atoms with Gasteiger partial charge in [-0.15, -0.1) is 0 Å². The molecule has 4 rings (SSSR count). The van der Waals surface area contributed by atoms with Gasteiger partial charge in [0.25, 0.3) is 6.01 Å². The van der Waals surface area contributed by atoms with Gasteiger partial charge in [-0.05, 0) is 22.6 Å². The quantitative estimate of drug-likeness (QED) is 0.563. The molecule has 3 heterocycles. The van der Waals surface area contributed by atoms with Crippen LogP contribution in [0.15, 0.2) is 6.07 Å². The van der Waals surface area contributed by atoms with Crippen molar-refractivity contribution in [1.82, 2.24) is 9.97 Å². The monoisotopic (exact) mass is 424 g/mol. The van der Waals surface area contributed by atoms with E-state index in [1.807, 2.05) is 0 Å². The Morgan fingerprint density at radius 1 is 1.32 bits per heavy atom. The summed E-state index contributed by atoms with van der Waals surface area (Å²) in [6.07, 6.45) is -1.97. The Morgan fingerprint density at radius 2 is 2.09 bits per heavy atom. The van der Waals surface area contributed by atoms with Crippen LogP contribution >= 0.6 is 22.6 Å². The maximum atomic E-state index is 14.0. The average Bonchev–Trinajstić information content (AvgIpc) is 3.15. The normalized spacial score (nSPS) is 30.9. The molecule has 2 aromatic rings. The van der Waals surface area contributed by atoms with Gasteiger partial charge in [0.2, 0.25) is 0 Å². The van der Waals surface area contributed by atoms with Gasteiger partial charge in [-0.3, -0.25) is 0 Å². The number of rotatable bonds is 2. The third-order valence-corrected chi connectivity index (χ3v) is 4.83. The van der Waals surface area contributed by atoms with Crippen molar-refractivity contribution in [3.8, 4) is 6.01 Å². The van der Waals surface area contributed by atoms with E-state index < -0.39 is 36.1 Å². The Bertz CT molecular complexity index is 740. The number of aromatic amines is 1. The molecule has 1 aromatic heterocycles. The van der Waals surface area contributed by atoms with Crippen LogP contribution in [0, 0.1) is 15.2 Å². The standard InChI is InChI=1S/C13H11F2IN2O4/c14-4-1-5-10(8(15)9(4)16)18-13(17-5)22-7-3-21-11-6(19)2-20-12(7)11/h1,6-7,11-12,19H,2-3H2,(H,17,18)/t6-,7+,11+,12+/m1/s1.